The van der Waals surface area contributed by atoms with Gasteiger partial charge in [-0.2, -0.15) is 0 Å². The fourth-order valence-corrected chi connectivity index (χ4v) is 1.45. The van der Waals surface area contributed by atoms with E-state index >= 15 is 0 Å². The number of carbonyl (C=O) groups is 2. The van der Waals surface area contributed by atoms with Crippen molar-refractivity contribution in [2.24, 2.45) is 5.92 Å². The van der Waals surface area contributed by atoms with Crippen molar-refractivity contribution in [2.45, 2.75) is 39.3 Å². The second-order valence-electron chi connectivity index (χ2n) is 3.70. The maximum atomic E-state index is 11.3. The molecule has 0 saturated carbocycles. The lowest BCUT2D eigenvalue weighted by Crippen LogP contribution is -2.63. The molecule has 4 heteroatoms. The Hall–Kier alpha value is -0.900. The van der Waals surface area contributed by atoms with Gasteiger partial charge in [0, 0.05) is 0 Å². The zero-order valence-corrected chi connectivity index (χ0v) is 8.26. The number of hydrogen-bond acceptors (Lipinski definition) is 3. The minimum absolute atomic E-state index is 0.204. The van der Waals surface area contributed by atoms with Gasteiger partial charge >= 0.3 is 0 Å². The Kier molecular flexibility index (Phi) is 3.03. The standard InChI is InChI=1S/C9H16N2O2/c1-4-6-8(12)11-9(13)7(10-6)5(2)3/h5-7,10H,4H2,1-3H3,(H,11,12,13). The van der Waals surface area contributed by atoms with Crippen LogP contribution in [0, 0.1) is 5.92 Å². The Morgan fingerprint density at radius 3 is 2.38 bits per heavy atom. The average Bonchev–Trinajstić information content (AvgIpc) is 2.03. The van der Waals surface area contributed by atoms with Crippen molar-refractivity contribution in [1.29, 1.82) is 0 Å². The van der Waals surface area contributed by atoms with Gasteiger partial charge < -0.3 is 0 Å². The molecule has 1 rings (SSSR count). The molecule has 0 aromatic carbocycles. The molecule has 2 N–H and O–H groups in total. The molecule has 2 atom stereocenters. The number of hydrogen-bond donors (Lipinski definition) is 2. The van der Waals surface area contributed by atoms with Crippen LogP contribution in [-0.2, 0) is 9.59 Å². The minimum atomic E-state index is -0.234. The van der Waals surface area contributed by atoms with Gasteiger partial charge in [0.15, 0.2) is 0 Å². The summed E-state index contributed by atoms with van der Waals surface area (Å²) in [4.78, 5) is 22.5. The third-order valence-corrected chi connectivity index (χ3v) is 2.30. The molecule has 1 fully saturated rings. The van der Waals surface area contributed by atoms with E-state index in [1.807, 2.05) is 20.8 Å². The highest BCUT2D eigenvalue weighted by Gasteiger charge is 2.34. The predicted molar refractivity (Wildman–Crippen MR) is 49.0 cm³/mol. The van der Waals surface area contributed by atoms with Crippen LogP contribution in [0.5, 0.6) is 0 Å². The van der Waals surface area contributed by atoms with Gasteiger partial charge in [-0.1, -0.05) is 20.8 Å². The van der Waals surface area contributed by atoms with Gasteiger partial charge in [-0.25, -0.2) is 0 Å². The van der Waals surface area contributed by atoms with Crippen molar-refractivity contribution >= 4 is 11.8 Å². The Labute approximate surface area is 78.1 Å². The van der Waals surface area contributed by atoms with E-state index < -0.39 is 0 Å². The molecular formula is C9H16N2O2. The van der Waals surface area contributed by atoms with Gasteiger partial charge in [0.05, 0.1) is 12.1 Å². The first-order chi connectivity index (χ1) is 6.06. The molecule has 4 nitrogen and oxygen atoms in total. The quantitative estimate of drug-likeness (QED) is 0.595. The molecule has 74 valence electrons. The molecule has 0 aliphatic carbocycles. The number of nitrogens with one attached hydrogen (secondary N) is 2. The Morgan fingerprint density at radius 2 is 1.92 bits per heavy atom. The van der Waals surface area contributed by atoms with Crippen molar-refractivity contribution in [3.8, 4) is 0 Å². The number of piperazine rings is 1. The van der Waals surface area contributed by atoms with Crippen molar-refractivity contribution in [3.63, 3.8) is 0 Å². The fourth-order valence-electron chi connectivity index (χ4n) is 1.45. The molecule has 1 heterocycles. The monoisotopic (exact) mass is 184 g/mol. The van der Waals surface area contributed by atoms with Gasteiger partial charge in [-0.05, 0) is 12.3 Å². The van der Waals surface area contributed by atoms with E-state index in [1.165, 1.54) is 0 Å². The summed E-state index contributed by atoms with van der Waals surface area (Å²) in [6.07, 6.45) is 0.711. The first-order valence-corrected chi connectivity index (χ1v) is 4.67. The van der Waals surface area contributed by atoms with Gasteiger partial charge in [-0.3, -0.25) is 20.2 Å². The van der Waals surface area contributed by atoms with Gasteiger partial charge in [0.2, 0.25) is 11.8 Å². The molecule has 0 aromatic heterocycles. The molecule has 0 bridgehead atoms. The van der Waals surface area contributed by atoms with Crippen LogP contribution in [0.15, 0.2) is 0 Å². The van der Waals surface area contributed by atoms with Crippen molar-refractivity contribution in [1.82, 2.24) is 10.6 Å². The molecule has 0 aromatic rings. The molecule has 1 aliphatic heterocycles. The molecule has 13 heavy (non-hydrogen) atoms. The smallest absolute Gasteiger partial charge is 0.244 e. The Balaban J connectivity index is 2.69. The molecule has 2 amide bonds. The topological polar surface area (TPSA) is 58.2 Å². The van der Waals surface area contributed by atoms with Crippen LogP contribution in [0.2, 0.25) is 0 Å². The molecule has 1 saturated heterocycles. The van der Waals surface area contributed by atoms with Gasteiger partial charge in [-0.15, -0.1) is 0 Å². The van der Waals surface area contributed by atoms with Crippen LogP contribution in [0.4, 0.5) is 0 Å². The predicted octanol–water partition coefficient (Wildman–Crippen LogP) is 0.0356. The van der Waals surface area contributed by atoms with Gasteiger partial charge in [0.1, 0.15) is 0 Å². The Morgan fingerprint density at radius 1 is 1.31 bits per heavy atom. The summed E-state index contributed by atoms with van der Waals surface area (Å²) in [5.74, 6) is -0.198. The number of carbonyl (C=O) groups excluding carboxylic acids is 2. The second kappa shape index (κ2) is 3.87. The molecule has 2 unspecified atom stereocenters. The van der Waals surface area contributed by atoms with E-state index in [-0.39, 0.29) is 29.8 Å². The maximum absolute atomic E-state index is 11.3. The van der Waals surface area contributed by atoms with Gasteiger partial charge in [0.25, 0.3) is 0 Å². The van der Waals surface area contributed by atoms with Crippen LogP contribution in [0.25, 0.3) is 0 Å². The highest BCUT2D eigenvalue weighted by Crippen LogP contribution is 2.08. The van der Waals surface area contributed by atoms with E-state index in [2.05, 4.69) is 10.6 Å². The summed E-state index contributed by atoms with van der Waals surface area (Å²) in [6.45, 7) is 5.84. The second-order valence-corrected chi connectivity index (χ2v) is 3.70. The molecule has 0 radical (unpaired) electrons. The van der Waals surface area contributed by atoms with Crippen LogP contribution < -0.4 is 10.6 Å². The van der Waals surface area contributed by atoms with Crippen LogP contribution in [-0.4, -0.2) is 23.9 Å². The summed E-state index contributed by atoms with van der Waals surface area (Å²) in [6, 6.07) is -0.451. The SMILES string of the molecule is CCC1NC(C(C)C)C(=O)NC1=O. The first kappa shape index (κ1) is 10.2. The number of rotatable bonds is 2. The van der Waals surface area contributed by atoms with E-state index in [4.69, 9.17) is 0 Å². The molecule has 1 aliphatic rings. The van der Waals surface area contributed by atoms with E-state index in [1.54, 1.807) is 0 Å². The third kappa shape index (κ3) is 2.06. The van der Waals surface area contributed by atoms with Crippen LogP contribution in [0.1, 0.15) is 27.2 Å². The Bertz CT molecular complexity index is 226. The lowest BCUT2D eigenvalue weighted by Gasteiger charge is -2.30. The van der Waals surface area contributed by atoms with Crippen LogP contribution in [0.3, 0.4) is 0 Å². The van der Waals surface area contributed by atoms with Crippen molar-refractivity contribution in [2.75, 3.05) is 0 Å². The third-order valence-electron chi connectivity index (χ3n) is 2.30. The summed E-state index contributed by atoms with van der Waals surface area (Å²) in [7, 11) is 0. The summed E-state index contributed by atoms with van der Waals surface area (Å²) in [5, 5.41) is 5.41. The first-order valence-electron chi connectivity index (χ1n) is 4.67. The zero-order valence-electron chi connectivity index (χ0n) is 8.26. The highest BCUT2D eigenvalue weighted by atomic mass is 16.2. The van der Waals surface area contributed by atoms with E-state index in [0.717, 1.165) is 0 Å². The minimum Gasteiger partial charge on any atom is -0.294 e. The van der Waals surface area contributed by atoms with Crippen LogP contribution >= 0.6 is 0 Å². The molecule has 0 spiro atoms. The molecular weight excluding hydrogens is 168 g/mol. The largest absolute Gasteiger partial charge is 0.294 e. The van der Waals surface area contributed by atoms with Crippen molar-refractivity contribution < 1.29 is 9.59 Å². The number of amides is 2. The fraction of sp³-hybridized carbons (Fsp3) is 0.778. The lowest BCUT2D eigenvalue weighted by atomic mass is 9.98. The zero-order chi connectivity index (χ0) is 10.0. The lowest BCUT2D eigenvalue weighted by molar-refractivity contribution is -0.137. The average molecular weight is 184 g/mol. The van der Waals surface area contributed by atoms with Crippen molar-refractivity contribution in [3.05, 3.63) is 0 Å². The maximum Gasteiger partial charge on any atom is 0.244 e. The van der Waals surface area contributed by atoms with E-state index in [0.29, 0.717) is 6.42 Å². The summed E-state index contributed by atoms with van der Waals surface area (Å²) >= 11 is 0. The summed E-state index contributed by atoms with van der Waals surface area (Å²) < 4.78 is 0. The van der Waals surface area contributed by atoms with E-state index in [9.17, 15) is 9.59 Å². The highest BCUT2D eigenvalue weighted by molar-refractivity contribution is 6.02. The normalized spacial score (nSPS) is 29.2. The number of imide groups is 1. The summed E-state index contributed by atoms with van der Waals surface area (Å²) in [5.41, 5.74) is 0.